The molecule has 0 aromatic carbocycles. The van der Waals surface area contributed by atoms with E-state index in [0.717, 1.165) is 0 Å². The zero-order valence-corrected chi connectivity index (χ0v) is 11.1. The first-order chi connectivity index (χ1) is 8.77. The van der Waals surface area contributed by atoms with Crippen molar-refractivity contribution in [2.24, 2.45) is 5.92 Å². The summed E-state index contributed by atoms with van der Waals surface area (Å²) in [4.78, 5) is 11.0. The number of aliphatic hydroxyl groups is 1. The highest BCUT2D eigenvalue weighted by atomic mass is 19.4. The van der Waals surface area contributed by atoms with Gasteiger partial charge in [-0.05, 0) is 12.3 Å². The Hall–Kier alpha value is -0.990. The monoisotopic (exact) mass is 310 g/mol. The van der Waals surface area contributed by atoms with Gasteiger partial charge in [-0.15, -0.1) is 0 Å². The quantitative estimate of drug-likeness (QED) is 0.626. The van der Waals surface area contributed by atoms with Crippen molar-refractivity contribution in [1.29, 1.82) is 0 Å². The molecule has 0 heterocycles. The maximum atomic E-state index is 12.7. The SMILES string of the molecule is CCC(=O)OC(CC(C)C)C(O)(C(F)(F)F)C(F)(F)F. The van der Waals surface area contributed by atoms with Crippen molar-refractivity contribution in [3.8, 4) is 0 Å². The van der Waals surface area contributed by atoms with E-state index < -0.39 is 48.8 Å². The minimum atomic E-state index is -6.02. The minimum absolute atomic E-state index is 0.402. The number of hydrogen-bond acceptors (Lipinski definition) is 3. The van der Waals surface area contributed by atoms with E-state index in [0.29, 0.717) is 0 Å². The number of rotatable bonds is 5. The van der Waals surface area contributed by atoms with E-state index in [4.69, 9.17) is 0 Å². The van der Waals surface area contributed by atoms with Crippen molar-refractivity contribution in [2.75, 3.05) is 0 Å². The highest BCUT2D eigenvalue weighted by Crippen LogP contribution is 2.47. The van der Waals surface area contributed by atoms with Crippen LogP contribution in [0.25, 0.3) is 0 Å². The average molecular weight is 310 g/mol. The molecule has 0 aromatic heterocycles. The molecule has 0 saturated heterocycles. The van der Waals surface area contributed by atoms with Gasteiger partial charge in [0.25, 0.3) is 5.60 Å². The molecule has 0 aromatic rings. The largest absolute Gasteiger partial charge is 0.459 e. The van der Waals surface area contributed by atoms with Crippen molar-refractivity contribution < 1.29 is 41.0 Å². The third kappa shape index (κ3) is 4.00. The highest BCUT2D eigenvalue weighted by Gasteiger charge is 2.75. The fourth-order valence-electron chi connectivity index (χ4n) is 1.50. The van der Waals surface area contributed by atoms with Crippen molar-refractivity contribution in [2.45, 2.75) is 57.7 Å². The molecular weight excluding hydrogens is 294 g/mol. The lowest BCUT2D eigenvalue weighted by atomic mass is 9.88. The zero-order chi connectivity index (χ0) is 16.4. The minimum Gasteiger partial charge on any atom is -0.459 e. The van der Waals surface area contributed by atoms with Gasteiger partial charge < -0.3 is 9.84 Å². The molecule has 0 aliphatic rings. The molecule has 0 aliphatic heterocycles. The van der Waals surface area contributed by atoms with Crippen LogP contribution in [0.15, 0.2) is 0 Å². The van der Waals surface area contributed by atoms with Crippen LogP contribution in [-0.4, -0.2) is 35.1 Å². The Morgan fingerprint density at radius 1 is 1.10 bits per heavy atom. The molecule has 3 nitrogen and oxygen atoms in total. The first-order valence-electron chi connectivity index (χ1n) is 5.82. The summed E-state index contributed by atoms with van der Waals surface area (Å²) in [5.74, 6) is -1.90. The Bertz CT molecular complexity index is 320. The van der Waals surface area contributed by atoms with Crippen LogP contribution in [-0.2, 0) is 9.53 Å². The van der Waals surface area contributed by atoms with Gasteiger partial charge in [0, 0.05) is 6.42 Å². The van der Waals surface area contributed by atoms with Crippen LogP contribution < -0.4 is 0 Å². The van der Waals surface area contributed by atoms with Crippen LogP contribution in [0, 0.1) is 5.92 Å². The predicted molar refractivity (Wildman–Crippen MR) is 56.7 cm³/mol. The maximum absolute atomic E-state index is 12.7. The molecule has 0 bridgehead atoms. The molecule has 120 valence electrons. The van der Waals surface area contributed by atoms with E-state index >= 15 is 0 Å². The predicted octanol–water partition coefficient (Wildman–Crippen LogP) is 3.21. The van der Waals surface area contributed by atoms with Crippen molar-refractivity contribution in [1.82, 2.24) is 0 Å². The van der Waals surface area contributed by atoms with Crippen LogP contribution >= 0.6 is 0 Å². The lowest BCUT2D eigenvalue weighted by molar-refractivity contribution is -0.392. The molecule has 0 spiro atoms. The second-order valence-corrected chi connectivity index (χ2v) is 4.72. The van der Waals surface area contributed by atoms with Gasteiger partial charge in [0.2, 0.25) is 0 Å². The number of ether oxygens (including phenoxy) is 1. The third-order valence-electron chi connectivity index (χ3n) is 2.58. The molecule has 0 rings (SSSR count). The summed E-state index contributed by atoms with van der Waals surface area (Å²) < 4.78 is 80.4. The summed E-state index contributed by atoms with van der Waals surface area (Å²) in [6.07, 6.45) is -15.9. The summed E-state index contributed by atoms with van der Waals surface area (Å²) >= 11 is 0. The average Bonchev–Trinajstić information content (AvgIpc) is 2.22. The second-order valence-electron chi connectivity index (χ2n) is 4.72. The first kappa shape index (κ1) is 19.0. The smallest absolute Gasteiger partial charge is 0.430 e. The number of esters is 1. The van der Waals surface area contributed by atoms with E-state index in [9.17, 15) is 36.2 Å². The molecule has 1 N–H and O–H groups in total. The van der Waals surface area contributed by atoms with Gasteiger partial charge in [0.15, 0.2) is 0 Å². The number of carbonyl (C=O) groups is 1. The highest BCUT2D eigenvalue weighted by molar-refractivity contribution is 5.69. The summed E-state index contributed by atoms with van der Waals surface area (Å²) in [6, 6.07) is 0. The van der Waals surface area contributed by atoms with Gasteiger partial charge in [0.05, 0.1) is 0 Å². The lowest BCUT2D eigenvalue weighted by Gasteiger charge is -2.38. The number of hydrogen-bond donors (Lipinski definition) is 1. The standard InChI is InChI=1S/C11H16F6O3/c1-4-8(18)20-7(5-6(2)3)9(19,10(12,13)14)11(15,16)17/h6-7,19H,4-5H2,1-3H3. The molecule has 1 unspecified atom stereocenters. The maximum Gasteiger partial charge on any atom is 0.430 e. The van der Waals surface area contributed by atoms with Crippen molar-refractivity contribution in [3.05, 3.63) is 0 Å². The van der Waals surface area contributed by atoms with E-state index in [1.165, 1.54) is 20.8 Å². The third-order valence-corrected chi connectivity index (χ3v) is 2.58. The van der Waals surface area contributed by atoms with E-state index in [2.05, 4.69) is 4.74 Å². The molecule has 9 heteroatoms. The normalized spacial score (nSPS) is 15.3. The van der Waals surface area contributed by atoms with Gasteiger partial charge in [0.1, 0.15) is 6.10 Å². The Morgan fingerprint density at radius 2 is 1.50 bits per heavy atom. The van der Waals surface area contributed by atoms with Crippen LogP contribution in [0.3, 0.4) is 0 Å². The van der Waals surface area contributed by atoms with Crippen LogP contribution in [0.5, 0.6) is 0 Å². The van der Waals surface area contributed by atoms with Crippen molar-refractivity contribution >= 4 is 5.97 Å². The molecule has 0 radical (unpaired) electrons. The fourth-order valence-corrected chi connectivity index (χ4v) is 1.50. The van der Waals surface area contributed by atoms with Gasteiger partial charge in [-0.3, -0.25) is 4.79 Å². The Labute approximate surface area is 111 Å². The number of carbonyl (C=O) groups excluding carboxylic acids is 1. The Morgan fingerprint density at radius 3 is 1.75 bits per heavy atom. The summed E-state index contributed by atoms with van der Waals surface area (Å²) in [5, 5.41) is 9.21. The van der Waals surface area contributed by atoms with E-state index in [1.54, 1.807) is 0 Å². The zero-order valence-electron chi connectivity index (χ0n) is 11.1. The number of halogens is 6. The lowest BCUT2D eigenvalue weighted by Crippen LogP contribution is -2.65. The molecule has 0 aliphatic carbocycles. The van der Waals surface area contributed by atoms with Gasteiger partial charge in [-0.25, -0.2) is 0 Å². The molecular formula is C11H16F6O3. The van der Waals surface area contributed by atoms with Crippen molar-refractivity contribution in [3.63, 3.8) is 0 Å². The van der Waals surface area contributed by atoms with E-state index in [1.807, 2.05) is 0 Å². The van der Waals surface area contributed by atoms with Crippen LogP contribution in [0.1, 0.15) is 33.6 Å². The second kappa shape index (κ2) is 6.19. The topological polar surface area (TPSA) is 46.5 Å². The number of alkyl halides is 6. The molecule has 1 atom stereocenters. The van der Waals surface area contributed by atoms with E-state index in [-0.39, 0.29) is 0 Å². The Kier molecular flexibility index (Phi) is 5.89. The first-order valence-corrected chi connectivity index (χ1v) is 5.82. The summed E-state index contributed by atoms with van der Waals surface area (Å²) in [7, 11) is 0. The molecule has 20 heavy (non-hydrogen) atoms. The summed E-state index contributed by atoms with van der Waals surface area (Å²) in [6.45, 7) is 3.91. The van der Waals surface area contributed by atoms with Crippen LogP contribution in [0.4, 0.5) is 26.3 Å². The molecule has 0 fully saturated rings. The van der Waals surface area contributed by atoms with Gasteiger partial charge >= 0.3 is 18.3 Å². The van der Waals surface area contributed by atoms with Crippen LogP contribution in [0.2, 0.25) is 0 Å². The summed E-state index contributed by atoms with van der Waals surface area (Å²) in [5.41, 5.74) is -5.09. The molecule has 0 amide bonds. The molecule has 0 saturated carbocycles. The Balaban J connectivity index is 5.70. The fraction of sp³-hybridized carbons (Fsp3) is 0.909. The van der Waals surface area contributed by atoms with Gasteiger partial charge in [-0.1, -0.05) is 20.8 Å². The van der Waals surface area contributed by atoms with Gasteiger partial charge in [-0.2, -0.15) is 26.3 Å².